The van der Waals surface area contributed by atoms with Gasteiger partial charge in [-0.15, -0.1) is 0 Å². The molecule has 4 nitrogen and oxygen atoms in total. The van der Waals surface area contributed by atoms with Gasteiger partial charge in [-0.25, -0.2) is 0 Å². The van der Waals surface area contributed by atoms with Crippen LogP contribution < -0.4 is 10.2 Å². The van der Waals surface area contributed by atoms with Gasteiger partial charge in [0.25, 0.3) is 0 Å². The monoisotopic (exact) mass is 248 g/mol. The number of benzene rings is 1. The minimum atomic E-state index is 0.732. The van der Waals surface area contributed by atoms with Crippen LogP contribution in [0.1, 0.15) is 5.56 Å². The van der Waals surface area contributed by atoms with Crippen molar-refractivity contribution >= 4 is 28.8 Å². The lowest BCUT2D eigenvalue weighted by atomic mass is 10.2. The predicted molar refractivity (Wildman–Crippen MR) is 70.0 cm³/mol. The van der Waals surface area contributed by atoms with Crippen molar-refractivity contribution in [3.05, 3.63) is 35.0 Å². The van der Waals surface area contributed by atoms with Gasteiger partial charge in [0.05, 0.1) is 17.6 Å². The number of aryl methyl sites for hydroxylation is 1. The summed E-state index contributed by atoms with van der Waals surface area (Å²) in [7, 11) is 4.00. The highest BCUT2D eigenvalue weighted by Gasteiger charge is 2.19. The number of hydrogen-bond donors (Lipinski definition) is 1. The Hall–Kier alpha value is -1.68. The largest absolute Gasteiger partial charge is 0.368 e. The van der Waals surface area contributed by atoms with Crippen LogP contribution in [-0.2, 0) is 13.6 Å². The zero-order valence-corrected chi connectivity index (χ0v) is 10.5. The third-order valence-corrected chi connectivity index (χ3v) is 3.28. The van der Waals surface area contributed by atoms with Crippen LogP contribution in [-0.4, -0.2) is 16.8 Å². The number of fused-ring (bicyclic) bond motifs is 2. The molecule has 0 saturated carbocycles. The molecule has 0 bridgehead atoms. The number of rotatable bonds is 0. The number of anilines is 3. The van der Waals surface area contributed by atoms with E-state index >= 15 is 0 Å². The summed E-state index contributed by atoms with van der Waals surface area (Å²) >= 11 is 6.04. The molecule has 0 atom stereocenters. The molecule has 3 rings (SSSR count). The Bertz CT molecular complexity index is 576. The third kappa shape index (κ3) is 1.65. The molecule has 0 fully saturated rings. The molecule has 0 unspecified atom stereocenters. The highest BCUT2D eigenvalue weighted by molar-refractivity contribution is 6.31. The van der Waals surface area contributed by atoms with E-state index in [1.54, 1.807) is 0 Å². The van der Waals surface area contributed by atoms with Crippen LogP contribution in [0.15, 0.2) is 24.4 Å². The Balaban J connectivity index is 2.16. The van der Waals surface area contributed by atoms with E-state index < -0.39 is 0 Å². The van der Waals surface area contributed by atoms with Crippen LogP contribution in [0, 0.1) is 0 Å². The lowest BCUT2D eigenvalue weighted by Crippen LogP contribution is -2.14. The Kier molecular flexibility index (Phi) is 2.26. The fourth-order valence-corrected chi connectivity index (χ4v) is 2.34. The first kappa shape index (κ1) is 10.5. The molecule has 0 spiro atoms. The topological polar surface area (TPSA) is 33.1 Å². The molecule has 5 heteroatoms. The lowest BCUT2D eigenvalue weighted by molar-refractivity contribution is 0.776. The second-order valence-corrected chi connectivity index (χ2v) is 4.72. The summed E-state index contributed by atoms with van der Waals surface area (Å²) in [5.74, 6) is 1.03. The molecule has 1 aromatic carbocycles. The van der Waals surface area contributed by atoms with Gasteiger partial charge in [-0.3, -0.25) is 4.68 Å². The molecule has 0 saturated heterocycles. The third-order valence-electron chi connectivity index (χ3n) is 3.04. The Morgan fingerprint density at radius 3 is 3.00 bits per heavy atom. The quantitative estimate of drug-likeness (QED) is 0.778. The second kappa shape index (κ2) is 3.67. The highest BCUT2D eigenvalue weighted by atomic mass is 35.5. The van der Waals surface area contributed by atoms with Gasteiger partial charge in [-0.2, -0.15) is 5.10 Å². The number of aromatic nitrogens is 2. The molecule has 1 aromatic heterocycles. The van der Waals surface area contributed by atoms with Gasteiger partial charge in [-0.1, -0.05) is 11.6 Å². The molecule has 1 aliphatic rings. The number of nitrogens with zero attached hydrogens (tertiary/aromatic N) is 3. The van der Waals surface area contributed by atoms with Crippen molar-refractivity contribution in [1.29, 1.82) is 0 Å². The number of nitrogens with one attached hydrogen (secondary N) is 1. The van der Waals surface area contributed by atoms with Crippen molar-refractivity contribution in [3.8, 4) is 0 Å². The molecule has 1 N–H and O–H groups in total. The first-order chi connectivity index (χ1) is 8.15. The fourth-order valence-electron chi connectivity index (χ4n) is 2.17. The van der Waals surface area contributed by atoms with Crippen molar-refractivity contribution in [3.63, 3.8) is 0 Å². The van der Waals surface area contributed by atoms with E-state index in [-0.39, 0.29) is 0 Å². The first-order valence-electron chi connectivity index (χ1n) is 5.44. The normalized spacial score (nSPS) is 13.7. The molecular weight excluding hydrogens is 236 g/mol. The van der Waals surface area contributed by atoms with Crippen LogP contribution in [0.3, 0.4) is 0 Å². The van der Waals surface area contributed by atoms with E-state index in [1.807, 2.05) is 36.1 Å². The maximum atomic E-state index is 6.04. The van der Waals surface area contributed by atoms with Crippen molar-refractivity contribution in [1.82, 2.24) is 9.78 Å². The molecule has 0 aliphatic carbocycles. The van der Waals surface area contributed by atoms with Gasteiger partial charge < -0.3 is 10.2 Å². The average molecular weight is 249 g/mol. The second-order valence-electron chi connectivity index (χ2n) is 4.28. The fraction of sp³-hybridized carbons (Fsp3) is 0.250. The maximum Gasteiger partial charge on any atom is 0.133 e. The minimum Gasteiger partial charge on any atom is -0.368 e. The number of hydrogen-bond acceptors (Lipinski definition) is 3. The lowest BCUT2D eigenvalue weighted by Gasteiger charge is -2.18. The van der Waals surface area contributed by atoms with Crippen LogP contribution in [0.2, 0.25) is 5.02 Å². The Morgan fingerprint density at radius 2 is 2.18 bits per heavy atom. The molecule has 2 aromatic rings. The summed E-state index contributed by atoms with van der Waals surface area (Å²) in [6, 6.07) is 5.88. The van der Waals surface area contributed by atoms with Gasteiger partial charge >= 0.3 is 0 Å². The van der Waals surface area contributed by atoms with Crippen LogP contribution in [0.4, 0.5) is 17.2 Å². The highest BCUT2D eigenvalue weighted by Crippen LogP contribution is 2.36. The average Bonchev–Trinajstić information content (AvgIpc) is 2.56. The van der Waals surface area contributed by atoms with E-state index in [0.717, 1.165) is 28.8 Å². The van der Waals surface area contributed by atoms with Crippen molar-refractivity contribution in [2.75, 3.05) is 17.3 Å². The summed E-state index contributed by atoms with van der Waals surface area (Å²) in [6.45, 7) is 0.838. The van der Waals surface area contributed by atoms with Crippen molar-refractivity contribution < 1.29 is 0 Å². The smallest absolute Gasteiger partial charge is 0.133 e. The standard InChI is InChI=1S/C12H13ClN4/c1-16-7-8-6-14-17(2)12(8)15-10-5-9(13)3-4-11(10)16/h3-6,15H,7H2,1-2H3. The van der Waals surface area contributed by atoms with Crippen molar-refractivity contribution in [2.24, 2.45) is 7.05 Å². The van der Waals surface area contributed by atoms with Crippen LogP contribution in [0.25, 0.3) is 0 Å². The first-order valence-corrected chi connectivity index (χ1v) is 5.81. The van der Waals surface area contributed by atoms with Crippen LogP contribution >= 0.6 is 11.6 Å². The molecule has 1 aliphatic heterocycles. The summed E-state index contributed by atoms with van der Waals surface area (Å²) in [5, 5.41) is 8.39. The van der Waals surface area contributed by atoms with E-state index in [4.69, 9.17) is 11.6 Å². The SMILES string of the molecule is CN1Cc2cnn(C)c2Nc2cc(Cl)ccc21. The van der Waals surface area contributed by atoms with Crippen molar-refractivity contribution in [2.45, 2.75) is 6.54 Å². The summed E-state index contributed by atoms with van der Waals surface area (Å²) in [4.78, 5) is 2.19. The number of halogens is 1. The predicted octanol–water partition coefficient (Wildman–Crippen LogP) is 2.77. The Morgan fingerprint density at radius 1 is 1.35 bits per heavy atom. The van der Waals surface area contributed by atoms with Gasteiger partial charge in [0.2, 0.25) is 0 Å². The summed E-state index contributed by atoms with van der Waals surface area (Å²) in [5.41, 5.74) is 3.34. The van der Waals surface area contributed by atoms with Gasteiger partial charge in [0.15, 0.2) is 0 Å². The van der Waals surface area contributed by atoms with Gasteiger partial charge in [-0.05, 0) is 18.2 Å². The zero-order chi connectivity index (χ0) is 12.0. The van der Waals surface area contributed by atoms with Crippen LogP contribution in [0.5, 0.6) is 0 Å². The van der Waals surface area contributed by atoms with E-state index in [9.17, 15) is 0 Å². The van der Waals surface area contributed by atoms with E-state index in [0.29, 0.717) is 0 Å². The summed E-state index contributed by atoms with van der Waals surface area (Å²) in [6.07, 6.45) is 1.90. The molecule has 0 amide bonds. The Labute approximate surface area is 105 Å². The maximum absolute atomic E-state index is 6.04. The molecular formula is C12H13ClN4. The van der Waals surface area contributed by atoms with Gasteiger partial charge in [0, 0.05) is 31.2 Å². The summed E-state index contributed by atoms with van der Waals surface area (Å²) < 4.78 is 1.85. The van der Waals surface area contributed by atoms with E-state index in [2.05, 4.69) is 22.4 Å². The molecule has 2 heterocycles. The minimum absolute atomic E-state index is 0.732. The van der Waals surface area contributed by atoms with Gasteiger partial charge in [0.1, 0.15) is 5.82 Å². The molecule has 17 heavy (non-hydrogen) atoms. The van der Waals surface area contributed by atoms with E-state index in [1.165, 1.54) is 5.56 Å². The molecule has 0 radical (unpaired) electrons. The zero-order valence-electron chi connectivity index (χ0n) is 9.74. The molecule has 88 valence electrons.